The van der Waals surface area contributed by atoms with Crippen molar-refractivity contribution < 1.29 is 14.3 Å². The molecule has 0 aliphatic heterocycles. The Bertz CT molecular complexity index is 623. The molecule has 1 aromatic rings. The molecule has 126 valence electrons. The van der Waals surface area contributed by atoms with E-state index in [-0.39, 0.29) is 11.8 Å². The summed E-state index contributed by atoms with van der Waals surface area (Å²) in [4.78, 5) is 25.5. The number of ketones is 1. The van der Waals surface area contributed by atoms with Gasteiger partial charge in [0.25, 0.3) is 0 Å². The molecule has 0 amide bonds. The maximum atomic E-state index is 12.8. The Morgan fingerprint density at radius 2 is 1.57 bits per heavy atom. The second-order valence-corrected chi connectivity index (χ2v) is 7.27. The minimum Gasteiger partial charge on any atom is -0.468 e. The zero-order chi connectivity index (χ0) is 17.4. The zero-order valence-electron chi connectivity index (χ0n) is 15.2. The van der Waals surface area contributed by atoms with Crippen molar-refractivity contribution in [1.29, 1.82) is 0 Å². The van der Waals surface area contributed by atoms with Crippen molar-refractivity contribution in [2.24, 2.45) is 5.41 Å². The lowest BCUT2D eigenvalue weighted by molar-refractivity contribution is -0.165. The molecule has 3 heteroatoms. The van der Waals surface area contributed by atoms with Crippen molar-refractivity contribution >= 4 is 11.8 Å². The summed E-state index contributed by atoms with van der Waals surface area (Å²) in [5.74, 6) is -0.461. The highest BCUT2D eigenvalue weighted by Gasteiger charge is 2.60. The van der Waals surface area contributed by atoms with Gasteiger partial charge in [0, 0.05) is 5.41 Å². The molecular weight excluding hydrogens is 288 g/mol. The lowest BCUT2D eigenvalue weighted by Crippen LogP contribution is -2.56. The Balaban J connectivity index is 2.78. The average Bonchev–Trinajstić information content (AvgIpc) is 2.45. The number of rotatable bonds is 3. The van der Waals surface area contributed by atoms with Crippen LogP contribution in [0.4, 0.5) is 0 Å². The first-order valence-corrected chi connectivity index (χ1v) is 8.38. The third-order valence-electron chi connectivity index (χ3n) is 5.78. The lowest BCUT2D eigenvalue weighted by Gasteiger charge is -2.50. The predicted molar refractivity (Wildman–Crippen MR) is 91.6 cm³/mol. The fraction of sp³-hybridized carbons (Fsp3) is 0.600. The smallest absolute Gasteiger partial charge is 0.320 e. The van der Waals surface area contributed by atoms with Gasteiger partial charge in [-0.15, -0.1) is 0 Å². The number of ether oxygens (including phenoxy) is 1. The normalized spacial score (nSPS) is 27.6. The molecule has 2 atom stereocenters. The molecule has 0 saturated heterocycles. The van der Waals surface area contributed by atoms with Crippen molar-refractivity contribution in [3.8, 4) is 0 Å². The maximum absolute atomic E-state index is 12.8. The van der Waals surface area contributed by atoms with Gasteiger partial charge in [-0.1, -0.05) is 37.5 Å². The maximum Gasteiger partial charge on any atom is 0.320 e. The van der Waals surface area contributed by atoms with Crippen molar-refractivity contribution in [1.82, 2.24) is 0 Å². The van der Waals surface area contributed by atoms with Gasteiger partial charge in [-0.2, -0.15) is 0 Å². The summed E-state index contributed by atoms with van der Waals surface area (Å²) in [5.41, 5.74) is 3.05. The van der Waals surface area contributed by atoms with E-state index in [9.17, 15) is 9.59 Å². The van der Waals surface area contributed by atoms with Gasteiger partial charge in [0.1, 0.15) is 11.2 Å². The fourth-order valence-corrected chi connectivity index (χ4v) is 4.96. The number of carbonyl (C=O) groups is 2. The van der Waals surface area contributed by atoms with Gasteiger partial charge in [0.2, 0.25) is 0 Å². The van der Waals surface area contributed by atoms with Crippen LogP contribution in [0.5, 0.6) is 0 Å². The number of hydrogen-bond acceptors (Lipinski definition) is 3. The molecule has 3 nitrogen and oxygen atoms in total. The van der Waals surface area contributed by atoms with Gasteiger partial charge in [-0.05, 0) is 57.2 Å². The first kappa shape index (κ1) is 17.7. The van der Waals surface area contributed by atoms with Crippen LogP contribution in [-0.4, -0.2) is 18.9 Å². The molecule has 1 aromatic carbocycles. The van der Waals surface area contributed by atoms with Crippen LogP contribution in [-0.2, 0) is 19.7 Å². The van der Waals surface area contributed by atoms with E-state index >= 15 is 0 Å². The highest BCUT2D eigenvalue weighted by molar-refractivity contribution is 6.04. The summed E-state index contributed by atoms with van der Waals surface area (Å²) >= 11 is 0. The van der Waals surface area contributed by atoms with Crippen molar-refractivity contribution in [3.63, 3.8) is 0 Å². The van der Waals surface area contributed by atoms with Crippen LogP contribution in [0.3, 0.4) is 0 Å². The van der Waals surface area contributed by atoms with E-state index in [0.717, 1.165) is 36.0 Å². The Hall–Kier alpha value is -1.64. The number of carbonyl (C=O) groups excluding carboxylic acids is 2. The molecule has 0 N–H and O–H groups in total. The van der Waals surface area contributed by atoms with Crippen LogP contribution in [0.1, 0.15) is 61.8 Å². The minimum absolute atomic E-state index is 0.0778. The number of benzene rings is 1. The molecule has 2 unspecified atom stereocenters. The van der Waals surface area contributed by atoms with Gasteiger partial charge >= 0.3 is 5.97 Å². The Kier molecular flexibility index (Phi) is 4.70. The third kappa shape index (κ3) is 2.50. The highest BCUT2D eigenvalue weighted by Crippen LogP contribution is 2.55. The zero-order valence-corrected chi connectivity index (χ0v) is 15.2. The minimum atomic E-state index is -1.08. The van der Waals surface area contributed by atoms with Gasteiger partial charge < -0.3 is 4.74 Å². The van der Waals surface area contributed by atoms with Crippen molar-refractivity contribution in [2.75, 3.05) is 7.11 Å². The fourth-order valence-electron chi connectivity index (χ4n) is 4.96. The number of esters is 1. The Morgan fingerprint density at radius 1 is 1.04 bits per heavy atom. The number of hydrogen-bond donors (Lipinski definition) is 0. The first-order valence-electron chi connectivity index (χ1n) is 8.38. The van der Waals surface area contributed by atoms with Crippen LogP contribution < -0.4 is 0 Å². The van der Waals surface area contributed by atoms with E-state index in [4.69, 9.17) is 4.74 Å². The predicted octanol–water partition coefficient (Wildman–Crippen LogP) is 4.19. The Labute approximate surface area is 139 Å². The standard InChI is InChI=1S/C20H28O3/c1-13-11-14(2)17(15(3)12-13)19(5)9-7-8-10-20(19,16(4)21)18(22)23-6/h11-12H,7-10H2,1-6H3. The third-order valence-corrected chi connectivity index (χ3v) is 5.78. The van der Waals surface area contributed by atoms with Gasteiger partial charge in [-0.25, -0.2) is 0 Å². The molecule has 0 aromatic heterocycles. The van der Waals surface area contributed by atoms with E-state index < -0.39 is 10.8 Å². The van der Waals surface area contributed by atoms with Crippen LogP contribution in [0.15, 0.2) is 12.1 Å². The Morgan fingerprint density at radius 3 is 2.04 bits per heavy atom. The molecule has 2 rings (SSSR count). The van der Waals surface area contributed by atoms with Gasteiger partial charge in [0.05, 0.1) is 7.11 Å². The lowest BCUT2D eigenvalue weighted by atomic mass is 9.51. The van der Waals surface area contributed by atoms with Gasteiger partial charge in [-0.3, -0.25) is 9.59 Å². The molecule has 1 aliphatic carbocycles. The van der Waals surface area contributed by atoms with E-state index in [1.807, 2.05) is 0 Å². The van der Waals surface area contributed by atoms with E-state index in [2.05, 4.69) is 39.8 Å². The topological polar surface area (TPSA) is 43.4 Å². The number of Topliss-reactive ketones (excluding diaryl/α,β-unsaturated/α-hetero) is 1. The molecule has 1 aliphatic rings. The summed E-state index contributed by atoms with van der Waals surface area (Å²) in [5, 5.41) is 0. The largest absolute Gasteiger partial charge is 0.468 e. The molecule has 1 saturated carbocycles. The molecular formula is C20H28O3. The summed E-state index contributed by atoms with van der Waals surface area (Å²) < 4.78 is 5.12. The molecule has 0 bridgehead atoms. The van der Waals surface area contributed by atoms with Crippen molar-refractivity contribution in [2.45, 2.75) is 65.7 Å². The highest BCUT2D eigenvalue weighted by atomic mass is 16.5. The van der Waals surface area contributed by atoms with Gasteiger partial charge in [0.15, 0.2) is 0 Å². The quantitative estimate of drug-likeness (QED) is 0.620. The van der Waals surface area contributed by atoms with Crippen LogP contribution in [0.2, 0.25) is 0 Å². The monoisotopic (exact) mass is 316 g/mol. The molecule has 1 fully saturated rings. The summed E-state index contributed by atoms with van der Waals surface area (Å²) in [7, 11) is 1.39. The second-order valence-electron chi connectivity index (χ2n) is 7.27. The summed E-state index contributed by atoms with van der Waals surface area (Å²) in [6, 6.07) is 4.29. The van der Waals surface area contributed by atoms with E-state index in [0.29, 0.717) is 6.42 Å². The van der Waals surface area contributed by atoms with E-state index in [1.165, 1.54) is 12.7 Å². The summed E-state index contributed by atoms with van der Waals surface area (Å²) in [6.07, 6.45) is 3.30. The van der Waals surface area contributed by atoms with Crippen LogP contribution in [0, 0.1) is 26.2 Å². The first-order chi connectivity index (χ1) is 10.7. The number of methoxy groups -OCH3 is 1. The summed E-state index contributed by atoms with van der Waals surface area (Å²) in [6.45, 7) is 9.86. The van der Waals surface area contributed by atoms with E-state index in [1.54, 1.807) is 6.92 Å². The molecule has 0 spiro atoms. The molecule has 0 radical (unpaired) electrons. The molecule has 23 heavy (non-hydrogen) atoms. The SMILES string of the molecule is COC(=O)C1(C(C)=O)CCCCC1(C)c1c(C)cc(C)cc1C. The molecule has 0 heterocycles. The average molecular weight is 316 g/mol. The number of aryl methyl sites for hydroxylation is 3. The van der Waals surface area contributed by atoms with Crippen molar-refractivity contribution in [3.05, 3.63) is 34.4 Å². The second kappa shape index (κ2) is 6.10. The van der Waals surface area contributed by atoms with Crippen LogP contribution >= 0.6 is 0 Å². The van der Waals surface area contributed by atoms with Crippen LogP contribution in [0.25, 0.3) is 0 Å².